The highest BCUT2D eigenvalue weighted by molar-refractivity contribution is 5.96. The zero-order valence-corrected chi connectivity index (χ0v) is 30.1. The SMILES string of the molecule is CC[C@H](C)[C@H](NC(=O)[C@H](Cc1ccc(O)cc1)NC(=O)[C@@H](NC(=O)[C@H](CCCN=C(N)N)NC(=O)[C@@H](N)CC(=O)O)C(C)C)C(=O)O.O=C(O)C(F)(F)F. The van der Waals surface area contributed by atoms with Crippen LogP contribution in [0.3, 0.4) is 0 Å². The molecule has 4 amide bonds. The number of aromatic hydroxyl groups is 1. The summed E-state index contributed by atoms with van der Waals surface area (Å²) < 4.78 is 31.7. The molecule has 54 heavy (non-hydrogen) atoms. The summed E-state index contributed by atoms with van der Waals surface area (Å²) in [6.07, 6.45) is -5.17. The molecule has 304 valence electrons. The number of guanidine groups is 1. The number of rotatable bonds is 20. The monoisotopic (exact) mass is 778 g/mol. The van der Waals surface area contributed by atoms with Gasteiger partial charge in [0, 0.05) is 13.0 Å². The van der Waals surface area contributed by atoms with Crippen LogP contribution >= 0.6 is 0 Å². The Morgan fingerprint density at radius 1 is 0.796 bits per heavy atom. The lowest BCUT2D eigenvalue weighted by Gasteiger charge is -2.28. The Bertz CT molecular complexity index is 1470. The van der Waals surface area contributed by atoms with Crippen LogP contribution in [0.4, 0.5) is 13.2 Å². The summed E-state index contributed by atoms with van der Waals surface area (Å²) in [7, 11) is 0. The average Bonchev–Trinajstić information content (AvgIpc) is 3.06. The molecule has 0 heterocycles. The minimum atomic E-state index is -5.08. The summed E-state index contributed by atoms with van der Waals surface area (Å²) in [5, 5.41) is 45.6. The second kappa shape index (κ2) is 23.1. The summed E-state index contributed by atoms with van der Waals surface area (Å²) in [4.78, 5) is 88.7. The molecule has 0 radical (unpaired) electrons. The van der Waals surface area contributed by atoms with Crippen LogP contribution in [0.1, 0.15) is 58.9 Å². The van der Waals surface area contributed by atoms with Crippen LogP contribution in [0.5, 0.6) is 5.75 Å². The second-order valence-corrected chi connectivity index (χ2v) is 12.4. The van der Waals surface area contributed by atoms with E-state index in [1.54, 1.807) is 27.7 Å². The molecule has 1 rings (SSSR count). The molecule has 1 aromatic rings. The van der Waals surface area contributed by atoms with Gasteiger partial charge < -0.3 is 58.9 Å². The number of aliphatic carboxylic acids is 3. The van der Waals surface area contributed by atoms with Crippen molar-refractivity contribution in [2.24, 2.45) is 34.0 Å². The van der Waals surface area contributed by atoms with E-state index in [0.29, 0.717) is 12.0 Å². The van der Waals surface area contributed by atoms with Gasteiger partial charge in [0.25, 0.3) is 0 Å². The van der Waals surface area contributed by atoms with Gasteiger partial charge in [-0.3, -0.25) is 29.0 Å². The van der Waals surface area contributed by atoms with E-state index in [-0.39, 0.29) is 37.5 Å². The van der Waals surface area contributed by atoms with Gasteiger partial charge in [0.1, 0.15) is 29.9 Å². The number of nitrogens with two attached hydrogens (primary N) is 3. The van der Waals surface area contributed by atoms with E-state index in [4.69, 9.17) is 32.2 Å². The molecule has 6 atom stereocenters. The molecular weight excluding hydrogens is 729 g/mol. The van der Waals surface area contributed by atoms with Crippen molar-refractivity contribution < 1.29 is 67.2 Å². The summed E-state index contributed by atoms with van der Waals surface area (Å²) in [5.74, 6) is -9.71. The number of carbonyl (C=O) groups is 7. The van der Waals surface area contributed by atoms with E-state index in [9.17, 15) is 52.2 Å². The molecule has 0 bridgehead atoms. The van der Waals surface area contributed by atoms with Crippen LogP contribution in [-0.2, 0) is 40.0 Å². The van der Waals surface area contributed by atoms with Crippen molar-refractivity contribution in [3.05, 3.63) is 29.8 Å². The number of carboxylic acids is 3. The van der Waals surface area contributed by atoms with E-state index in [0.717, 1.165) is 0 Å². The Labute approximate surface area is 308 Å². The van der Waals surface area contributed by atoms with E-state index < -0.39 is 96.2 Å². The molecule has 0 aromatic heterocycles. The standard InChI is InChI=1S/C30H48N8O9.C2HF3O2/c1-5-16(4)24(29(46)47)38-27(44)21(13-17-8-10-18(39)11-9-17)36-28(45)23(15(2)3)37-26(43)20(7-6-12-34-30(32)33)35-25(42)19(31)14-22(40)41;3-2(4,5)1(6)7/h8-11,15-16,19-21,23-24,39H,5-7,12-14,31H2,1-4H3,(H,35,42)(H,36,45)(H,37,43)(H,38,44)(H,40,41)(H,46,47)(H4,32,33,34);(H,6,7)/t16-,19-,20-,21-,23-,24-;/m0./s1. The van der Waals surface area contributed by atoms with Gasteiger partial charge in [0.15, 0.2) is 5.96 Å². The number of aliphatic imine (C=N–C) groups is 1. The smallest absolute Gasteiger partial charge is 0.490 e. The highest BCUT2D eigenvalue weighted by Crippen LogP contribution is 2.15. The second-order valence-electron chi connectivity index (χ2n) is 12.4. The van der Waals surface area contributed by atoms with Crippen molar-refractivity contribution in [3.63, 3.8) is 0 Å². The first kappa shape index (κ1) is 48.3. The first-order valence-electron chi connectivity index (χ1n) is 16.5. The Balaban J connectivity index is 0.00000363. The number of carboxylic acid groups (broad SMARTS) is 3. The summed E-state index contributed by atoms with van der Waals surface area (Å²) in [6.45, 7) is 6.82. The number of nitrogens with one attached hydrogen (secondary N) is 4. The fourth-order valence-corrected chi connectivity index (χ4v) is 4.40. The Morgan fingerprint density at radius 2 is 1.30 bits per heavy atom. The van der Waals surface area contributed by atoms with E-state index in [2.05, 4.69) is 26.3 Å². The zero-order chi connectivity index (χ0) is 41.9. The molecule has 19 nitrogen and oxygen atoms in total. The first-order valence-corrected chi connectivity index (χ1v) is 16.5. The minimum absolute atomic E-state index is 0.00134. The number of phenolic OH excluding ortho intramolecular Hbond substituents is 1. The van der Waals surface area contributed by atoms with Crippen molar-refractivity contribution in [2.75, 3.05) is 6.54 Å². The highest BCUT2D eigenvalue weighted by Gasteiger charge is 2.38. The molecule has 0 fully saturated rings. The van der Waals surface area contributed by atoms with Crippen LogP contribution in [0.2, 0.25) is 0 Å². The maximum Gasteiger partial charge on any atom is 0.490 e. The molecule has 0 saturated carbocycles. The quantitative estimate of drug-likeness (QED) is 0.0437. The molecule has 1 aromatic carbocycles. The van der Waals surface area contributed by atoms with Crippen molar-refractivity contribution in [3.8, 4) is 5.75 Å². The molecule has 0 aliphatic heterocycles. The van der Waals surface area contributed by atoms with E-state index in [1.807, 2.05) is 0 Å². The van der Waals surface area contributed by atoms with Crippen molar-refractivity contribution in [1.29, 1.82) is 0 Å². The Kier molecular flexibility index (Phi) is 20.7. The first-order chi connectivity index (χ1) is 24.9. The van der Waals surface area contributed by atoms with Gasteiger partial charge in [-0.05, 0) is 42.4 Å². The lowest BCUT2D eigenvalue weighted by Crippen LogP contribution is -2.60. The van der Waals surface area contributed by atoms with Crippen molar-refractivity contribution in [2.45, 2.75) is 96.2 Å². The molecular formula is C32H49F3N8O11. The molecule has 14 N–H and O–H groups in total. The summed E-state index contributed by atoms with van der Waals surface area (Å²) in [6, 6.07) is -0.577. The molecule has 0 spiro atoms. The number of carbonyl (C=O) groups excluding carboxylic acids is 4. The van der Waals surface area contributed by atoms with Crippen LogP contribution in [0.25, 0.3) is 0 Å². The van der Waals surface area contributed by atoms with Gasteiger partial charge >= 0.3 is 24.1 Å². The average molecular weight is 779 g/mol. The largest absolute Gasteiger partial charge is 0.508 e. The molecule has 0 aliphatic rings. The highest BCUT2D eigenvalue weighted by atomic mass is 19.4. The topological polar surface area (TPSA) is 339 Å². The predicted molar refractivity (Wildman–Crippen MR) is 185 cm³/mol. The van der Waals surface area contributed by atoms with Crippen LogP contribution in [0, 0.1) is 11.8 Å². The normalized spacial score (nSPS) is 14.3. The van der Waals surface area contributed by atoms with Gasteiger partial charge in [-0.15, -0.1) is 0 Å². The van der Waals surface area contributed by atoms with Crippen molar-refractivity contribution in [1.82, 2.24) is 21.3 Å². The number of amides is 4. The van der Waals surface area contributed by atoms with Gasteiger partial charge in [0.2, 0.25) is 23.6 Å². The van der Waals surface area contributed by atoms with Gasteiger partial charge in [-0.1, -0.05) is 46.2 Å². The van der Waals surface area contributed by atoms with Crippen LogP contribution in [-0.4, -0.2) is 111 Å². The summed E-state index contributed by atoms with van der Waals surface area (Å²) in [5.41, 5.74) is 16.9. The third-order valence-electron chi connectivity index (χ3n) is 7.58. The van der Waals surface area contributed by atoms with Gasteiger partial charge in [-0.2, -0.15) is 13.2 Å². The fraction of sp³-hybridized carbons (Fsp3) is 0.562. The van der Waals surface area contributed by atoms with Gasteiger partial charge in [-0.25, -0.2) is 9.59 Å². The third-order valence-corrected chi connectivity index (χ3v) is 7.58. The third kappa shape index (κ3) is 18.7. The number of hydrogen-bond acceptors (Lipinski definition) is 10. The maximum atomic E-state index is 13.6. The number of benzene rings is 1. The number of alkyl halides is 3. The fourth-order valence-electron chi connectivity index (χ4n) is 4.40. The zero-order valence-electron chi connectivity index (χ0n) is 30.1. The maximum absolute atomic E-state index is 13.6. The molecule has 22 heteroatoms. The van der Waals surface area contributed by atoms with Crippen LogP contribution < -0.4 is 38.5 Å². The molecule has 0 saturated heterocycles. The lowest BCUT2D eigenvalue weighted by molar-refractivity contribution is -0.192. The Morgan fingerprint density at radius 3 is 1.74 bits per heavy atom. The van der Waals surface area contributed by atoms with Crippen molar-refractivity contribution >= 4 is 47.5 Å². The molecule has 0 unspecified atom stereocenters. The number of halogens is 3. The van der Waals surface area contributed by atoms with Crippen LogP contribution in [0.15, 0.2) is 29.3 Å². The van der Waals surface area contributed by atoms with E-state index in [1.165, 1.54) is 24.3 Å². The number of phenols is 1. The number of hydrogen-bond donors (Lipinski definition) is 11. The minimum Gasteiger partial charge on any atom is -0.508 e. The Hall–Kier alpha value is -5.67. The predicted octanol–water partition coefficient (Wildman–Crippen LogP) is -0.850. The molecule has 0 aliphatic carbocycles. The van der Waals surface area contributed by atoms with E-state index >= 15 is 0 Å². The van der Waals surface area contributed by atoms with Gasteiger partial charge in [0.05, 0.1) is 12.5 Å². The summed E-state index contributed by atoms with van der Waals surface area (Å²) >= 11 is 0. The lowest BCUT2D eigenvalue weighted by atomic mass is 9.97. The number of nitrogens with zero attached hydrogens (tertiary/aromatic N) is 1.